The number of ether oxygens (including phenoxy) is 1. The average molecular weight is 440 g/mol. The zero-order chi connectivity index (χ0) is 23.0. The van der Waals surface area contributed by atoms with Gasteiger partial charge in [-0.25, -0.2) is 22.1 Å². The summed E-state index contributed by atoms with van der Waals surface area (Å²) >= 11 is 0. The van der Waals surface area contributed by atoms with Crippen molar-refractivity contribution in [2.45, 2.75) is 50.5 Å². The van der Waals surface area contributed by atoms with Gasteiger partial charge in [-0.3, -0.25) is 10.3 Å². The number of rotatable bonds is 2. The topological polar surface area (TPSA) is 80.1 Å². The van der Waals surface area contributed by atoms with Gasteiger partial charge in [0.25, 0.3) is 0 Å². The van der Waals surface area contributed by atoms with Crippen molar-refractivity contribution in [3.8, 4) is 12.3 Å². The van der Waals surface area contributed by atoms with Gasteiger partial charge in [0.15, 0.2) is 0 Å². The lowest BCUT2D eigenvalue weighted by Crippen LogP contribution is -2.59. The predicted molar refractivity (Wildman–Crippen MR) is 114 cm³/mol. The fourth-order valence-corrected chi connectivity index (χ4v) is 5.45. The monoisotopic (exact) mass is 439 g/mol. The molecule has 1 amide bonds. The summed E-state index contributed by atoms with van der Waals surface area (Å²) in [5.41, 5.74) is -2.49. The summed E-state index contributed by atoms with van der Waals surface area (Å²) in [6.07, 6.45) is 4.56. The number of benzene rings is 1. The second kappa shape index (κ2) is 7.99. The molecule has 0 radical (unpaired) electrons. The van der Waals surface area contributed by atoms with Crippen molar-refractivity contribution in [3.63, 3.8) is 0 Å². The molecule has 0 spiro atoms. The molecule has 2 rings (SSSR count). The SMILES string of the molecule is C#Cc1ccc(F)c([C@]2(CF)C[S@](=O)(=NC)C(C)(C)C(NC(=O)OC(C)(C)C)=N2)c1. The minimum absolute atomic E-state index is 0.0956. The Morgan fingerprint density at radius 1 is 1.43 bits per heavy atom. The second-order valence-electron chi connectivity index (χ2n) is 8.57. The quantitative estimate of drug-likeness (QED) is 0.712. The van der Waals surface area contributed by atoms with E-state index in [-0.39, 0.29) is 17.2 Å². The van der Waals surface area contributed by atoms with Crippen LogP contribution < -0.4 is 5.32 Å². The molecular weight excluding hydrogens is 412 g/mol. The first-order valence-electron chi connectivity index (χ1n) is 9.29. The predicted octanol–water partition coefficient (Wildman–Crippen LogP) is 3.79. The maximum Gasteiger partial charge on any atom is 0.413 e. The molecule has 2 atom stereocenters. The number of nitrogens with zero attached hydrogens (tertiary/aromatic N) is 2. The lowest BCUT2D eigenvalue weighted by molar-refractivity contribution is 0.0560. The first-order valence-corrected chi connectivity index (χ1v) is 11.0. The number of carbonyl (C=O) groups is 1. The van der Waals surface area contributed by atoms with Gasteiger partial charge in [0, 0.05) is 18.2 Å². The van der Waals surface area contributed by atoms with Crippen LogP contribution in [-0.2, 0) is 20.0 Å². The summed E-state index contributed by atoms with van der Waals surface area (Å²) in [6, 6.07) is 3.79. The molecule has 1 aromatic carbocycles. The Labute approximate surface area is 176 Å². The summed E-state index contributed by atoms with van der Waals surface area (Å²) in [5, 5.41) is 2.48. The lowest BCUT2D eigenvalue weighted by Gasteiger charge is -2.42. The molecule has 9 heteroatoms. The number of nitrogens with one attached hydrogen (secondary N) is 1. The summed E-state index contributed by atoms with van der Waals surface area (Å²) in [7, 11) is -1.84. The summed E-state index contributed by atoms with van der Waals surface area (Å²) in [6.45, 7) is 7.02. The number of terminal acetylenes is 1. The van der Waals surface area contributed by atoms with Crippen molar-refractivity contribution < 1.29 is 22.5 Å². The normalized spacial score (nSPS) is 25.6. The van der Waals surface area contributed by atoms with E-state index in [0.29, 0.717) is 5.56 Å². The molecule has 1 aromatic rings. The van der Waals surface area contributed by atoms with E-state index >= 15 is 0 Å². The van der Waals surface area contributed by atoms with Crippen LogP contribution in [0.2, 0.25) is 0 Å². The van der Waals surface area contributed by atoms with Crippen LogP contribution in [0.5, 0.6) is 0 Å². The van der Waals surface area contributed by atoms with Gasteiger partial charge in [0.1, 0.15) is 34.2 Å². The molecule has 0 aliphatic carbocycles. The fourth-order valence-electron chi connectivity index (χ4n) is 3.16. The molecule has 1 aliphatic heterocycles. The maximum atomic E-state index is 14.7. The number of alkyl carbamates (subject to hydrolysis) is 1. The van der Waals surface area contributed by atoms with Crippen molar-refractivity contribution in [2.24, 2.45) is 9.36 Å². The van der Waals surface area contributed by atoms with Crippen LogP contribution in [0, 0.1) is 18.2 Å². The van der Waals surface area contributed by atoms with Crippen LogP contribution in [0.25, 0.3) is 0 Å². The Hall–Kier alpha value is -2.47. The highest BCUT2D eigenvalue weighted by Crippen LogP contribution is 2.40. The Kier molecular flexibility index (Phi) is 6.34. The molecule has 0 fully saturated rings. The van der Waals surface area contributed by atoms with E-state index in [1.165, 1.54) is 19.2 Å². The molecule has 1 aliphatic rings. The molecule has 30 heavy (non-hydrogen) atoms. The van der Waals surface area contributed by atoms with E-state index in [2.05, 4.69) is 20.6 Å². The van der Waals surface area contributed by atoms with Crippen molar-refractivity contribution in [2.75, 3.05) is 19.5 Å². The third-order valence-corrected chi connectivity index (χ3v) is 8.14. The van der Waals surface area contributed by atoms with Gasteiger partial charge < -0.3 is 4.74 Å². The molecule has 0 saturated heterocycles. The summed E-state index contributed by atoms with van der Waals surface area (Å²) < 4.78 is 51.0. The lowest BCUT2D eigenvalue weighted by atomic mass is 9.91. The van der Waals surface area contributed by atoms with Gasteiger partial charge in [-0.1, -0.05) is 5.92 Å². The molecule has 6 nitrogen and oxygen atoms in total. The number of amides is 1. The maximum absolute atomic E-state index is 14.7. The number of aliphatic imine (C=N–C) groups is 1. The third-order valence-electron chi connectivity index (χ3n) is 4.90. The van der Waals surface area contributed by atoms with Crippen LogP contribution in [0.4, 0.5) is 13.6 Å². The first-order chi connectivity index (χ1) is 13.7. The van der Waals surface area contributed by atoms with Crippen molar-refractivity contribution in [3.05, 3.63) is 35.1 Å². The van der Waals surface area contributed by atoms with Gasteiger partial charge in [-0.15, -0.1) is 6.42 Å². The largest absolute Gasteiger partial charge is 0.444 e. The zero-order valence-corrected chi connectivity index (χ0v) is 18.8. The standard InChI is InChI=1S/C21H27F2N3O3S/c1-8-14-9-10-16(23)15(11-14)21(12-22)13-30(28,24-7)20(5,6)17(26-21)25-18(27)29-19(2,3)4/h1,9-11H,12-13H2,2-7H3,(H,25,26,27)/t21-,30+/m0/s1. The Bertz CT molecular complexity index is 1040. The van der Waals surface area contributed by atoms with Gasteiger partial charge in [-0.2, -0.15) is 0 Å². The second-order valence-corrected chi connectivity index (χ2v) is 11.5. The van der Waals surface area contributed by atoms with E-state index in [1.807, 2.05) is 0 Å². The van der Waals surface area contributed by atoms with E-state index in [1.54, 1.807) is 34.6 Å². The number of hydrogen-bond donors (Lipinski definition) is 1. The van der Waals surface area contributed by atoms with Crippen LogP contribution in [0.1, 0.15) is 45.7 Å². The Balaban J connectivity index is 2.74. The van der Waals surface area contributed by atoms with Crippen molar-refractivity contribution in [1.82, 2.24) is 5.32 Å². The minimum Gasteiger partial charge on any atom is -0.444 e. The fraction of sp³-hybridized carbons (Fsp3) is 0.524. The Morgan fingerprint density at radius 2 is 2.07 bits per heavy atom. The minimum atomic E-state index is -3.18. The van der Waals surface area contributed by atoms with Crippen LogP contribution in [-0.4, -0.2) is 46.0 Å². The molecule has 1 N–H and O–H groups in total. The number of alkyl halides is 1. The molecule has 0 bridgehead atoms. The average Bonchev–Trinajstić information content (AvgIpc) is 2.64. The van der Waals surface area contributed by atoms with E-state index in [4.69, 9.17) is 11.2 Å². The van der Waals surface area contributed by atoms with E-state index in [9.17, 15) is 17.8 Å². The highest BCUT2D eigenvalue weighted by atomic mass is 32.2. The Morgan fingerprint density at radius 3 is 2.57 bits per heavy atom. The van der Waals surface area contributed by atoms with E-state index in [0.717, 1.165) is 6.07 Å². The first kappa shape index (κ1) is 23.8. The van der Waals surface area contributed by atoms with Crippen molar-refractivity contribution in [1.29, 1.82) is 0 Å². The zero-order valence-electron chi connectivity index (χ0n) is 18.0. The van der Waals surface area contributed by atoms with E-state index < -0.39 is 44.2 Å². The van der Waals surface area contributed by atoms with Crippen LogP contribution in [0.15, 0.2) is 27.6 Å². The van der Waals surface area contributed by atoms with Crippen molar-refractivity contribution >= 4 is 21.7 Å². The molecule has 0 aromatic heterocycles. The van der Waals surface area contributed by atoms with Crippen LogP contribution in [0.3, 0.4) is 0 Å². The summed E-state index contributed by atoms with van der Waals surface area (Å²) in [5.74, 6) is 1.16. The molecular formula is C21H27F2N3O3S. The van der Waals surface area contributed by atoms with Gasteiger partial charge >= 0.3 is 6.09 Å². The van der Waals surface area contributed by atoms with Gasteiger partial charge in [0.2, 0.25) is 0 Å². The van der Waals surface area contributed by atoms with Crippen LogP contribution >= 0.6 is 0 Å². The third kappa shape index (κ3) is 4.33. The number of halogens is 2. The molecule has 164 valence electrons. The summed E-state index contributed by atoms with van der Waals surface area (Å²) in [4.78, 5) is 16.8. The number of hydrogen-bond acceptors (Lipinski definition) is 5. The molecule has 0 saturated carbocycles. The number of carbonyl (C=O) groups excluding carboxylic acids is 1. The smallest absolute Gasteiger partial charge is 0.413 e. The molecule has 0 unspecified atom stereocenters. The highest BCUT2D eigenvalue weighted by molar-refractivity contribution is 7.95. The number of amidine groups is 1. The highest BCUT2D eigenvalue weighted by Gasteiger charge is 2.51. The van der Waals surface area contributed by atoms with Gasteiger partial charge in [0.05, 0.1) is 15.5 Å². The molecule has 1 heterocycles. The van der Waals surface area contributed by atoms with Gasteiger partial charge in [-0.05, 0) is 52.8 Å².